The van der Waals surface area contributed by atoms with Crippen LogP contribution in [0.5, 0.6) is 0 Å². The third kappa shape index (κ3) is 1.61. The number of carbonyl (C=O) groups excluding carboxylic acids is 1. The summed E-state index contributed by atoms with van der Waals surface area (Å²) in [6.45, 7) is 4.62. The Bertz CT molecular complexity index is 412. The summed E-state index contributed by atoms with van der Waals surface area (Å²) in [5.74, 6) is 0.138. The highest BCUT2D eigenvalue weighted by molar-refractivity contribution is 5.80. The van der Waals surface area contributed by atoms with E-state index >= 15 is 0 Å². The Labute approximate surface area is 95.2 Å². The van der Waals surface area contributed by atoms with Gasteiger partial charge in [0, 0.05) is 26.1 Å². The summed E-state index contributed by atoms with van der Waals surface area (Å²) in [4.78, 5) is 13.6. The smallest absolute Gasteiger partial charge is 0.224 e. The summed E-state index contributed by atoms with van der Waals surface area (Å²) in [5.41, 5.74) is 8.03. The minimum atomic E-state index is -0.123. The first-order valence-electron chi connectivity index (χ1n) is 5.60. The Morgan fingerprint density at radius 3 is 2.81 bits per heavy atom. The standard InChI is InChI=1S/C11H18N4O/c1-4-15-10(16)6-8(12)11(15)9-5-7(2)13-14(9)3/h5,8,11H,4,6,12H2,1-3H3. The van der Waals surface area contributed by atoms with Crippen LogP contribution in [0.2, 0.25) is 0 Å². The highest BCUT2D eigenvalue weighted by Crippen LogP contribution is 2.31. The van der Waals surface area contributed by atoms with Crippen molar-refractivity contribution in [1.82, 2.24) is 14.7 Å². The predicted octanol–water partition coefficient (Wildman–Crippen LogP) is 0.349. The van der Waals surface area contributed by atoms with E-state index in [9.17, 15) is 4.79 Å². The van der Waals surface area contributed by atoms with Gasteiger partial charge in [0.1, 0.15) is 0 Å². The van der Waals surface area contributed by atoms with E-state index in [-0.39, 0.29) is 18.0 Å². The van der Waals surface area contributed by atoms with E-state index in [0.717, 1.165) is 11.4 Å². The maximum Gasteiger partial charge on any atom is 0.224 e. The van der Waals surface area contributed by atoms with Gasteiger partial charge in [0.05, 0.1) is 17.4 Å². The molecule has 0 radical (unpaired) electrons. The molecule has 1 aliphatic heterocycles. The van der Waals surface area contributed by atoms with Crippen molar-refractivity contribution in [2.24, 2.45) is 12.8 Å². The first kappa shape index (κ1) is 11.1. The molecule has 0 aromatic carbocycles. The van der Waals surface area contributed by atoms with E-state index in [0.29, 0.717) is 13.0 Å². The Kier molecular flexibility index (Phi) is 2.71. The minimum Gasteiger partial charge on any atom is -0.333 e. The molecule has 88 valence electrons. The Morgan fingerprint density at radius 2 is 2.31 bits per heavy atom. The van der Waals surface area contributed by atoms with Gasteiger partial charge in [-0.05, 0) is 19.9 Å². The van der Waals surface area contributed by atoms with Gasteiger partial charge in [-0.15, -0.1) is 0 Å². The molecule has 0 bridgehead atoms. The van der Waals surface area contributed by atoms with Crippen LogP contribution in [0.1, 0.15) is 30.8 Å². The van der Waals surface area contributed by atoms with Crippen LogP contribution in [-0.2, 0) is 11.8 Å². The second kappa shape index (κ2) is 3.90. The number of hydrogen-bond acceptors (Lipinski definition) is 3. The van der Waals surface area contributed by atoms with E-state index in [2.05, 4.69) is 5.10 Å². The van der Waals surface area contributed by atoms with Gasteiger partial charge in [-0.25, -0.2) is 0 Å². The van der Waals surface area contributed by atoms with E-state index in [4.69, 9.17) is 5.73 Å². The van der Waals surface area contributed by atoms with Gasteiger partial charge >= 0.3 is 0 Å². The number of carbonyl (C=O) groups is 1. The van der Waals surface area contributed by atoms with Crippen LogP contribution in [0.15, 0.2) is 6.07 Å². The molecule has 2 atom stereocenters. The van der Waals surface area contributed by atoms with Gasteiger partial charge in [0.2, 0.25) is 5.91 Å². The second-order valence-electron chi connectivity index (χ2n) is 4.33. The molecule has 5 nitrogen and oxygen atoms in total. The third-order valence-corrected chi connectivity index (χ3v) is 3.15. The summed E-state index contributed by atoms with van der Waals surface area (Å²) >= 11 is 0. The predicted molar refractivity (Wildman–Crippen MR) is 60.7 cm³/mol. The van der Waals surface area contributed by atoms with Crippen molar-refractivity contribution in [2.75, 3.05) is 6.54 Å². The van der Waals surface area contributed by atoms with Crippen molar-refractivity contribution in [1.29, 1.82) is 0 Å². The summed E-state index contributed by atoms with van der Waals surface area (Å²) in [6, 6.07) is 1.86. The average molecular weight is 222 g/mol. The van der Waals surface area contributed by atoms with Crippen molar-refractivity contribution in [3.05, 3.63) is 17.5 Å². The first-order valence-corrected chi connectivity index (χ1v) is 5.60. The quantitative estimate of drug-likeness (QED) is 0.785. The van der Waals surface area contributed by atoms with Crippen molar-refractivity contribution >= 4 is 5.91 Å². The molecule has 1 aromatic heterocycles. The molecule has 0 spiro atoms. The fraction of sp³-hybridized carbons (Fsp3) is 0.636. The molecular formula is C11H18N4O. The highest BCUT2D eigenvalue weighted by Gasteiger charge is 2.39. The van der Waals surface area contributed by atoms with Gasteiger partial charge in [0.15, 0.2) is 0 Å². The van der Waals surface area contributed by atoms with Gasteiger partial charge in [0.25, 0.3) is 0 Å². The maximum atomic E-state index is 11.7. The van der Waals surface area contributed by atoms with E-state index in [1.54, 1.807) is 0 Å². The fourth-order valence-electron chi connectivity index (χ4n) is 2.48. The normalized spacial score (nSPS) is 25.5. The molecule has 5 heteroatoms. The SMILES string of the molecule is CCN1C(=O)CC(N)C1c1cc(C)nn1C. The van der Waals surface area contributed by atoms with Crippen molar-refractivity contribution in [3.63, 3.8) is 0 Å². The summed E-state index contributed by atoms with van der Waals surface area (Å²) in [7, 11) is 1.89. The Hall–Kier alpha value is -1.36. The molecule has 1 amide bonds. The Balaban J connectivity index is 2.38. The molecule has 2 heterocycles. The number of rotatable bonds is 2. The lowest BCUT2D eigenvalue weighted by molar-refractivity contribution is -0.128. The van der Waals surface area contributed by atoms with Gasteiger partial charge < -0.3 is 10.6 Å². The molecule has 1 aromatic rings. The minimum absolute atomic E-state index is 0.0244. The van der Waals surface area contributed by atoms with E-state index in [1.165, 1.54) is 0 Å². The number of aryl methyl sites for hydroxylation is 2. The monoisotopic (exact) mass is 222 g/mol. The lowest BCUT2D eigenvalue weighted by Crippen LogP contribution is -2.34. The molecule has 1 saturated heterocycles. The van der Waals surface area contributed by atoms with Gasteiger partial charge in [-0.3, -0.25) is 9.48 Å². The largest absolute Gasteiger partial charge is 0.333 e. The molecule has 1 aliphatic rings. The van der Waals surface area contributed by atoms with E-state index < -0.39 is 0 Å². The number of aromatic nitrogens is 2. The van der Waals surface area contributed by atoms with Crippen LogP contribution in [0.25, 0.3) is 0 Å². The molecule has 0 saturated carbocycles. The lowest BCUT2D eigenvalue weighted by Gasteiger charge is -2.25. The highest BCUT2D eigenvalue weighted by atomic mass is 16.2. The Morgan fingerprint density at radius 1 is 1.62 bits per heavy atom. The number of amides is 1. The zero-order chi connectivity index (χ0) is 11.9. The molecule has 2 N–H and O–H groups in total. The van der Waals surface area contributed by atoms with Crippen LogP contribution in [-0.4, -0.2) is 33.2 Å². The van der Waals surface area contributed by atoms with Gasteiger partial charge in [-0.1, -0.05) is 0 Å². The maximum absolute atomic E-state index is 11.7. The molecule has 0 aliphatic carbocycles. The van der Waals surface area contributed by atoms with Crippen LogP contribution in [0, 0.1) is 6.92 Å². The van der Waals surface area contributed by atoms with Crippen molar-refractivity contribution in [3.8, 4) is 0 Å². The summed E-state index contributed by atoms with van der Waals surface area (Å²) in [6.07, 6.45) is 0.433. The molecule has 16 heavy (non-hydrogen) atoms. The topological polar surface area (TPSA) is 64.2 Å². The number of likely N-dealkylation sites (N-methyl/N-ethyl adjacent to an activating group) is 1. The number of hydrogen-bond donors (Lipinski definition) is 1. The van der Waals surface area contributed by atoms with Crippen LogP contribution in [0.3, 0.4) is 0 Å². The molecule has 2 unspecified atom stereocenters. The van der Waals surface area contributed by atoms with Crippen molar-refractivity contribution < 1.29 is 4.79 Å². The number of likely N-dealkylation sites (tertiary alicyclic amines) is 1. The third-order valence-electron chi connectivity index (χ3n) is 3.15. The average Bonchev–Trinajstić information content (AvgIpc) is 2.66. The van der Waals surface area contributed by atoms with E-state index in [1.807, 2.05) is 36.5 Å². The van der Waals surface area contributed by atoms with Crippen LogP contribution >= 0.6 is 0 Å². The summed E-state index contributed by atoms with van der Waals surface area (Å²) in [5, 5.41) is 4.31. The van der Waals surface area contributed by atoms with Gasteiger partial charge in [-0.2, -0.15) is 5.10 Å². The second-order valence-corrected chi connectivity index (χ2v) is 4.33. The fourth-order valence-corrected chi connectivity index (χ4v) is 2.48. The van der Waals surface area contributed by atoms with Crippen LogP contribution < -0.4 is 5.73 Å². The molecular weight excluding hydrogens is 204 g/mol. The zero-order valence-corrected chi connectivity index (χ0v) is 9.97. The molecule has 1 fully saturated rings. The van der Waals surface area contributed by atoms with Crippen LogP contribution in [0.4, 0.5) is 0 Å². The number of nitrogens with zero attached hydrogens (tertiary/aromatic N) is 3. The molecule has 2 rings (SSSR count). The lowest BCUT2D eigenvalue weighted by atomic mass is 10.1. The van der Waals surface area contributed by atoms with Crippen molar-refractivity contribution in [2.45, 2.75) is 32.4 Å². The first-order chi connectivity index (χ1) is 7.54. The number of nitrogens with two attached hydrogens (primary N) is 1. The summed E-state index contributed by atoms with van der Waals surface area (Å²) < 4.78 is 1.82. The zero-order valence-electron chi connectivity index (χ0n) is 9.97.